The Morgan fingerprint density at radius 2 is 2.06 bits per heavy atom. The first kappa shape index (κ1) is 12.8. The number of aliphatic carboxylic acids is 1. The molecule has 1 aromatic carbocycles. The van der Waals surface area contributed by atoms with E-state index in [1.165, 1.54) is 0 Å². The van der Waals surface area contributed by atoms with E-state index >= 15 is 0 Å². The highest BCUT2D eigenvalue weighted by molar-refractivity contribution is 6.31. The van der Waals surface area contributed by atoms with Gasteiger partial charge in [-0.05, 0) is 36.6 Å². The molecule has 1 atom stereocenters. The van der Waals surface area contributed by atoms with Crippen LogP contribution in [0.4, 0.5) is 5.69 Å². The lowest BCUT2D eigenvalue weighted by molar-refractivity contribution is -0.138. The zero-order valence-corrected chi connectivity index (χ0v) is 10.4. The van der Waals surface area contributed by atoms with Crippen LogP contribution in [0.2, 0.25) is 5.02 Å². The molecule has 1 rings (SSSR count). The van der Waals surface area contributed by atoms with Gasteiger partial charge in [-0.25, -0.2) is 4.79 Å². The molecular formula is C12H16ClNO2. The zero-order chi connectivity index (χ0) is 12.3. The Morgan fingerprint density at radius 3 is 2.50 bits per heavy atom. The Kier molecular flexibility index (Phi) is 4.19. The number of nitrogens with one attached hydrogen (secondary N) is 1. The van der Waals surface area contributed by atoms with Crippen LogP contribution in [0, 0.1) is 12.8 Å². The molecule has 88 valence electrons. The quantitative estimate of drug-likeness (QED) is 0.851. The molecule has 0 radical (unpaired) electrons. The van der Waals surface area contributed by atoms with Gasteiger partial charge in [-0.2, -0.15) is 0 Å². The Balaban J connectivity index is 2.86. The van der Waals surface area contributed by atoms with Crippen LogP contribution in [0.3, 0.4) is 0 Å². The number of hydrogen-bond donors (Lipinski definition) is 2. The number of hydrogen-bond acceptors (Lipinski definition) is 2. The number of halogens is 1. The van der Waals surface area contributed by atoms with Gasteiger partial charge >= 0.3 is 5.97 Å². The summed E-state index contributed by atoms with van der Waals surface area (Å²) in [6.45, 7) is 5.63. The molecule has 0 saturated carbocycles. The first-order valence-corrected chi connectivity index (χ1v) is 5.55. The fourth-order valence-electron chi connectivity index (χ4n) is 1.43. The molecule has 0 unspecified atom stereocenters. The molecule has 0 fully saturated rings. The van der Waals surface area contributed by atoms with Crippen molar-refractivity contribution in [3.05, 3.63) is 28.8 Å². The first-order chi connectivity index (χ1) is 7.41. The van der Waals surface area contributed by atoms with Gasteiger partial charge in [-0.1, -0.05) is 25.4 Å². The molecule has 0 heterocycles. The summed E-state index contributed by atoms with van der Waals surface area (Å²) in [4.78, 5) is 11.0. The Bertz CT molecular complexity index is 391. The minimum absolute atomic E-state index is 0.0217. The van der Waals surface area contributed by atoms with E-state index in [1.54, 1.807) is 12.1 Å². The summed E-state index contributed by atoms with van der Waals surface area (Å²) in [5.41, 5.74) is 1.71. The molecule has 2 N–H and O–H groups in total. The van der Waals surface area contributed by atoms with Crippen molar-refractivity contribution in [2.75, 3.05) is 5.32 Å². The average Bonchev–Trinajstić information content (AvgIpc) is 2.18. The lowest BCUT2D eigenvalue weighted by Gasteiger charge is -2.19. The third-order valence-electron chi connectivity index (χ3n) is 2.41. The van der Waals surface area contributed by atoms with E-state index in [2.05, 4.69) is 5.32 Å². The molecule has 0 aliphatic rings. The second kappa shape index (κ2) is 5.21. The van der Waals surface area contributed by atoms with Gasteiger partial charge in [-0.15, -0.1) is 0 Å². The minimum atomic E-state index is -0.845. The maximum atomic E-state index is 11.0. The summed E-state index contributed by atoms with van der Waals surface area (Å²) in [7, 11) is 0. The fraction of sp³-hybridized carbons (Fsp3) is 0.417. The fourth-order valence-corrected chi connectivity index (χ4v) is 1.55. The van der Waals surface area contributed by atoms with E-state index < -0.39 is 12.0 Å². The third kappa shape index (κ3) is 3.14. The van der Waals surface area contributed by atoms with Crippen molar-refractivity contribution in [1.29, 1.82) is 0 Å². The molecule has 0 saturated heterocycles. The number of carboxylic acids is 1. The van der Waals surface area contributed by atoms with Gasteiger partial charge in [0.1, 0.15) is 6.04 Å². The standard InChI is InChI=1S/C12H16ClNO2/c1-7(2)11(12(15)16)14-9-4-5-10(13)8(3)6-9/h4-7,11,14H,1-3H3,(H,15,16)/t11-/m0/s1. The first-order valence-electron chi connectivity index (χ1n) is 5.17. The number of benzene rings is 1. The van der Waals surface area contributed by atoms with Crippen molar-refractivity contribution in [3.8, 4) is 0 Å². The predicted octanol–water partition coefficient (Wildman–Crippen LogP) is 3.17. The normalized spacial score (nSPS) is 12.6. The van der Waals surface area contributed by atoms with Crippen LogP contribution in [0.15, 0.2) is 18.2 Å². The number of anilines is 1. The van der Waals surface area contributed by atoms with E-state index in [0.717, 1.165) is 11.3 Å². The summed E-state index contributed by atoms with van der Waals surface area (Å²) in [5, 5.41) is 12.7. The smallest absolute Gasteiger partial charge is 0.326 e. The second-order valence-corrected chi connectivity index (χ2v) is 4.58. The van der Waals surface area contributed by atoms with Crippen molar-refractivity contribution in [2.45, 2.75) is 26.8 Å². The van der Waals surface area contributed by atoms with Crippen molar-refractivity contribution in [3.63, 3.8) is 0 Å². The number of carboxylic acid groups (broad SMARTS) is 1. The highest BCUT2D eigenvalue weighted by Crippen LogP contribution is 2.21. The van der Waals surface area contributed by atoms with E-state index in [0.29, 0.717) is 5.02 Å². The summed E-state index contributed by atoms with van der Waals surface area (Å²) >= 11 is 5.90. The highest BCUT2D eigenvalue weighted by atomic mass is 35.5. The van der Waals surface area contributed by atoms with Crippen LogP contribution in [0.25, 0.3) is 0 Å². The van der Waals surface area contributed by atoms with Crippen molar-refractivity contribution >= 4 is 23.3 Å². The zero-order valence-electron chi connectivity index (χ0n) is 9.62. The predicted molar refractivity (Wildman–Crippen MR) is 66.1 cm³/mol. The van der Waals surface area contributed by atoms with E-state index in [9.17, 15) is 4.79 Å². The Hall–Kier alpha value is -1.22. The van der Waals surface area contributed by atoms with Crippen LogP contribution in [-0.4, -0.2) is 17.1 Å². The van der Waals surface area contributed by atoms with Gasteiger partial charge in [0.2, 0.25) is 0 Å². The van der Waals surface area contributed by atoms with E-state index in [4.69, 9.17) is 16.7 Å². The second-order valence-electron chi connectivity index (χ2n) is 4.17. The van der Waals surface area contributed by atoms with Gasteiger partial charge < -0.3 is 10.4 Å². The molecule has 3 nitrogen and oxygen atoms in total. The topological polar surface area (TPSA) is 49.3 Å². The van der Waals surface area contributed by atoms with Crippen molar-refractivity contribution in [2.24, 2.45) is 5.92 Å². The number of aryl methyl sites for hydroxylation is 1. The summed E-state index contributed by atoms with van der Waals surface area (Å²) in [6.07, 6.45) is 0. The van der Waals surface area contributed by atoms with Gasteiger partial charge in [0, 0.05) is 10.7 Å². The minimum Gasteiger partial charge on any atom is -0.480 e. The molecule has 4 heteroatoms. The van der Waals surface area contributed by atoms with Crippen LogP contribution >= 0.6 is 11.6 Å². The molecular weight excluding hydrogens is 226 g/mol. The maximum absolute atomic E-state index is 11.0. The lowest BCUT2D eigenvalue weighted by atomic mass is 10.0. The maximum Gasteiger partial charge on any atom is 0.326 e. The van der Waals surface area contributed by atoms with Gasteiger partial charge in [0.25, 0.3) is 0 Å². The third-order valence-corrected chi connectivity index (χ3v) is 2.84. The Morgan fingerprint density at radius 1 is 1.44 bits per heavy atom. The lowest BCUT2D eigenvalue weighted by Crippen LogP contribution is -2.34. The van der Waals surface area contributed by atoms with E-state index in [-0.39, 0.29) is 5.92 Å². The number of carbonyl (C=O) groups is 1. The van der Waals surface area contributed by atoms with Crippen molar-refractivity contribution in [1.82, 2.24) is 0 Å². The highest BCUT2D eigenvalue weighted by Gasteiger charge is 2.20. The van der Waals surface area contributed by atoms with Crippen LogP contribution in [-0.2, 0) is 4.79 Å². The molecule has 16 heavy (non-hydrogen) atoms. The van der Waals surface area contributed by atoms with Gasteiger partial charge in [0.15, 0.2) is 0 Å². The largest absolute Gasteiger partial charge is 0.480 e. The van der Waals surface area contributed by atoms with Gasteiger partial charge in [0.05, 0.1) is 0 Å². The van der Waals surface area contributed by atoms with Crippen molar-refractivity contribution < 1.29 is 9.90 Å². The van der Waals surface area contributed by atoms with Crippen LogP contribution in [0.1, 0.15) is 19.4 Å². The van der Waals surface area contributed by atoms with Gasteiger partial charge in [-0.3, -0.25) is 0 Å². The monoisotopic (exact) mass is 241 g/mol. The molecule has 0 spiro atoms. The molecule has 0 aliphatic heterocycles. The number of rotatable bonds is 4. The summed E-state index contributed by atoms with van der Waals surface area (Å²) in [5.74, 6) is -0.823. The average molecular weight is 242 g/mol. The molecule has 0 amide bonds. The van der Waals surface area contributed by atoms with Crippen LogP contribution < -0.4 is 5.32 Å². The molecule has 1 aromatic rings. The van der Waals surface area contributed by atoms with Crippen LogP contribution in [0.5, 0.6) is 0 Å². The van der Waals surface area contributed by atoms with E-state index in [1.807, 2.05) is 26.8 Å². The summed E-state index contributed by atoms with van der Waals surface area (Å²) < 4.78 is 0. The molecule has 0 aromatic heterocycles. The SMILES string of the molecule is Cc1cc(N[C@H](C(=O)O)C(C)C)ccc1Cl. The summed E-state index contributed by atoms with van der Waals surface area (Å²) in [6, 6.07) is 4.81. The molecule has 0 bridgehead atoms. The Labute approximate surface area is 100 Å². The molecule has 0 aliphatic carbocycles.